The zero-order valence-electron chi connectivity index (χ0n) is 16.7. The predicted octanol–water partition coefficient (Wildman–Crippen LogP) is 4.01. The van der Waals surface area contributed by atoms with Crippen LogP contribution in [0.25, 0.3) is 17.2 Å². The predicted molar refractivity (Wildman–Crippen MR) is 111 cm³/mol. The molecular formula is C22H20F3N5O. The summed E-state index contributed by atoms with van der Waals surface area (Å²) in [5, 5.41) is 6.93. The van der Waals surface area contributed by atoms with Gasteiger partial charge in [0, 0.05) is 61.6 Å². The molecule has 0 saturated carbocycles. The zero-order valence-corrected chi connectivity index (χ0v) is 16.7. The van der Waals surface area contributed by atoms with E-state index >= 15 is 0 Å². The average Bonchev–Trinajstić information content (AvgIpc) is 3.30. The van der Waals surface area contributed by atoms with Crippen molar-refractivity contribution in [2.75, 3.05) is 11.9 Å². The largest absolute Gasteiger partial charge is 0.401 e. The van der Waals surface area contributed by atoms with Gasteiger partial charge in [-0.3, -0.25) is 19.4 Å². The summed E-state index contributed by atoms with van der Waals surface area (Å²) in [6.07, 6.45) is 5.79. The van der Waals surface area contributed by atoms with Gasteiger partial charge in [0.15, 0.2) is 0 Å². The molecule has 2 aromatic heterocycles. The number of nitrogens with one attached hydrogen (secondary N) is 1. The number of rotatable bonds is 5. The highest BCUT2D eigenvalue weighted by Crippen LogP contribution is 2.29. The maximum atomic E-state index is 12.6. The number of aryl methyl sites for hydroxylation is 1. The molecule has 0 fully saturated rings. The Morgan fingerprint density at radius 2 is 2.00 bits per heavy atom. The summed E-state index contributed by atoms with van der Waals surface area (Å²) in [6, 6.07) is 7.03. The summed E-state index contributed by atoms with van der Waals surface area (Å²) in [7, 11) is 1.83. The quantitative estimate of drug-likeness (QED) is 0.625. The molecule has 0 atom stereocenters. The number of carbonyl (C=O) groups excluding carboxylic acids is 1. The molecule has 0 spiro atoms. The second kappa shape index (κ2) is 8.35. The molecule has 6 nitrogen and oxygen atoms in total. The minimum absolute atomic E-state index is 0.207. The molecule has 160 valence electrons. The van der Waals surface area contributed by atoms with Crippen LogP contribution in [0.15, 0.2) is 55.1 Å². The maximum absolute atomic E-state index is 12.6. The van der Waals surface area contributed by atoms with Gasteiger partial charge < -0.3 is 5.32 Å². The maximum Gasteiger partial charge on any atom is 0.401 e. The monoisotopic (exact) mass is 427 g/mol. The van der Waals surface area contributed by atoms with Gasteiger partial charge in [-0.05, 0) is 41.0 Å². The number of aromatic nitrogens is 3. The Morgan fingerprint density at radius 3 is 2.74 bits per heavy atom. The lowest BCUT2D eigenvalue weighted by atomic mass is 10.0. The van der Waals surface area contributed by atoms with Crippen molar-refractivity contribution in [3.63, 3.8) is 0 Å². The highest BCUT2D eigenvalue weighted by Gasteiger charge is 2.33. The van der Waals surface area contributed by atoms with Gasteiger partial charge in [0.25, 0.3) is 0 Å². The number of hydrogen-bond acceptors (Lipinski definition) is 4. The van der Waals surface area contributed by atoms with Crippen molar-refractivity contribution >= 4 is 17.7 Å². The minimum Gasteiger partial charge on any atom is -0.323 e. The number of nitrogens with zero attached hydrogens (tertiary/aromatic N) is 4. The molecule has 0 aliphatic carbocycles. The Balaban J connectivity index is 1.43. The number of pyridine rings is 1. The summed E-state index contributed by atoms with van der Waals surface area (Å²) in [5.74, 6) is -0.342. The number of anilines is 1. The fourth-order valence-electron chi connectivity index (χ4n) is 3.62. The van der Waals surface area contributed by atoms with Crippen LogP contribution in [0.5, 0.6) is 0 Å². The molecule has 0 radical (unpaired) electrons. The van der Waals surface area contributed by atoms with Crippen molar-refractivity contribution in [3.8, 4) is 11.1 Å². The van der Waals surface area contributed by atoms with E-state index < -0.39 is 12.7 Å². The second-order valence-corrected chi connectivity index (χ2v) is 7.43. The molecule has 9 heteroatoms. The molecular weight excluding hydrogens is 407 g/mol. The van der Waals surface area contributed by atoms with E-state index in [-0.39, 0.29) is 19.0 Å². The van der Waals surface area contributed by atoms with Gasteiger partial charge in [-0.1, -0.05) is 6.07 Å². The summed E-state index contributed by atoms with van der Waals surface area (Å²) >= 11 is 0. The first-order valence-electron chi connectivity index (χ1n) is 9.60. The lowest BCUT2D eigenvalue weighted by molar-refractivity contribution is -0.147. The zero-order chi connectivity index (χ0) is 22.0. The molecule has 1 aromatic carbocycles. The molecule has 1 aliphatic rings. The molecule has 0 saturated heterocycles. The number of hydrogen-bond donors (Lipinski definition) is 1. The molecule has 3 heterocycles. The van der Waals surface area contributed by atoms with Gasteiger partial charge >= 0.3 is 6.18 Å². The van der Waals surface area contributed by atoms with Crippen LogP contribution >= 0.6 is 0 Å². The second-order valence-electron chi connectivity index (χ2n) is 7.43. The molecule has 1 aliphatic heterocycles. The molecule has 1 amide bonds. The van der Waals surface area contributed by atoms with Crippen molar-refractivity contribution in [2.24, 2.45) is 7.05 Å². The number of halogens is 3. The molecule has 0 unspecified atom stereocenters. The van der Waals surface area contributed by atoms with Gasteiger partial charge in [0.1, 0.15) is 0 Å². The van der Waals surface area contributed by atoms with E-state index in [1.54, 1.807) is 47.5 Å². The molecule has 3 aromatic rings. The number of amides is 1. The fourth-order valence-corrected chi connectivity index (χ4v) is 3.62. The van der Waals surface area contributed by atoms with Crippen LogP contribution in [0.1, 0.15) is 16.7 Å². The van der Waals surface area contributed by atoms with E-state index in [1.807, 2.05) is 19.3 Å². The molecule has 1 N–H and O–H groups in total. The fraction of sp³-hybridized carbons (Fsp3) is 0.227. The molecule has 0 bridgehead atoms. The minimum atomic E-state index is -4.23. The lowest BCUT2D eigenvalue weighted by Crippen LogP contribution is -2.29. The Kier molecular flexibility index (Phi) is 5.60. The van der Waals surface area contributed by atoms with Crippen LogP contribution < -0.4 is 5.32 Å². The van der Waals surface area contributed by atoms with Gasteiger partial charge in [0.05, 0.1) is 12.7 Å². The highest BCUT2D eigenvalue weighted by molar-refractivity contribution is 6.02. The SMILES string of the molecule is Cn1cc(-c2ccncc2C=CC(=O)Nc2ccc3c(c2)CN(CC(F)(F)F)C3)cn1. The number of alkyl halides is 3. The van der Waals surface area contributed by atoms with Crippen LogP contribution in [0.2, 0.25) is 0 Å². The van der Waals surface area contributed by atoms with Crippen molar-refractivity contribution in [3.05, 3.63) is 71.8 Å². The molecule has 31 heavy (non-hydrogen) atoms. The Labute approximate surface area is 177 Å². The summed E-state index contributed by atoms with van der Waals surface area (Å²) in [4.78, 5) is 17.8. The third kappa shape index (κ3) is 5.18. The summed E-state index contributed by atoms with van der Waals surface area (Å²) < 4.78 is 39.6. The van der Waals surface area contributed by atoms with Crippen molar-refractivity contribution in [2.45, 2.75) is 19.3 Å². The first-order valence-corrected chi connectivity index (χ1v) is 9.60. The number of benzene rings is 1. The van der Waals surface area contributed by atoms with Crippen LogP contribution in [0.3, 0.4) is 0 Å². The normalized spacial score (nSPS) is 14.2. The van der Waals surface area contributed by atoms with E-state index in [2.05, 4.69) is 15.4 Å². The Morgan fingerprint density at radius 1 is 1.19 bits per heavy atom. The Bertz CT molecular complexity index is 1140. The summed E-state index contributed by atoms with van der Waals surface area (Å²) in [5.41, 5.74) is 4.75. The van der Waals surface area contributed by atoms with Gasteiger partial charge in [-0.25, -0.2) is 0 Å². The van der Waals surface area contributed by atoms with Crippen LogP contribution in [0, 0.1) is 0 Å². The number of carbonyl (C=O) groups is 1. The average molecular weight is 427 g/mol. The smallest absolute Gasteiger partial charge is 0.323 e. The van der Waals surface area contributed by atoms with E-state index in [0.29, 0.717) is 5.69 Å². The third-order valence-corrected chi connectivity index (χ3v) is 4.95. The van der Waals surface area contributed by atoms with Crippen LogP contribution in [-0.4, -0.2) is 38.3 Å². The third-order valence-electron chi connectivity index (χ3n) is 4.95. The van der Waals surface area contributed by atoms with Crippen LogP contribution in [-0.2, 0) is 24.9 Å². The van der Waals surface area contributed by atoms with E-state index in [0.717, 1.165) is 27.8 Å². The number of fused-ring (bicyclic) bond motifs is 1. The van der Waals surface area contributed by atoms with Crippen LogP contribution in [0.4, 0.5) is 18.9 Å². The van der Waals surface area contributed by atoms with Crippen molar-refractivity contribution in [1.29, 1.82) is 0 Å². The van der Waals surface area contributed by atoms with Gasteiger partial charge in [-0.2, -0.15) is 18.3 Å². The molecule has 4 rings (SSSR count). The first-order chi connectivity index (χ1) is 14.8. The van der Waals surface area contributed by atoms with Gasteiger partial charge in [-0.15, -0.1) is 0 Å². The lowest BCUT2D eigenvalue weighted by Gasteiger charge is -2.16. The van der Waals surface area contributed by atoms with E-state index in [4.69, 9.17) is 0 Å². The van der Waals surface area contributed by atoms with Crippen molar-refractivity contribution in [1.82, 2.24) is 19.7 Å². The Hall–Kier alpha value is -3.46. The highest BCUT2D eigenvalue weighted by atomic mass is 19.4. The summed E-state index contributed by atoms with van der Waals surface area (Å²) in [6.45, 7) is -0.490. The topological polar surface area (TPSA) is 63.1 Å². The first kappa shape index (κ1) is 20.8. The van der Waals surface area contributed by atoms with Crippen molar-refractivity contribution < 1.29 is 18.0 Å². The van der Waals surface area contributed by atoms with Gasteiger partial charge in [0.2, 0.25) is 5.91 Å². The van der Waals surface area contributed by atoms with E-state index in [1.165, 1.54) is 11.0 Å². The standard InChI is InChI=1S/C22H20F3N5O/c1-29-11-18(10-27-29)20-6-7-26-9-15(20)3-5-21(31)28-19-4-2-16-12-30(13-17(16)8-19)14-22(23,24)25/h2-11H,12-14H2,1H3,(H,28,31). The van der Waals surface area contributed by atoms with E-state index in [9.17, 15) is 18.0 Å².